The van der Waals surface area contributed by atoms with E-state index < -0.39 is 0 Å². The lowest BCUT2D eigenvalue weighted by Crippen LogP contribution is -2.33. The average Bonchev–Trinajstić information content (AvgIpc) is 2.99. The van der Waals surface area contributed by atoms with Gasteiger partial charge in [0.25, 0.3) is 0 Å². The van der Waals surface area contributed by atoms with Crippen molar-refractivity contribution < 1.29 is 4.79 Å². The van der Waals surface area contributed by atoms with Gasteiger partial charge in [0.15, 0.2) is 0 Å². The number of amides is 1. The third kappa shape index (κ3) is 4.27. The maximum absolute atomic E-state index is 12.6. The minimum absolute atomic E-state index is 0.0223. The lowest BCUT2D eigenvalue weighted by atomic mass is 10.0. The van der Waals surface area contributed by atoms with Crippen molar-refractivity contribution in [2.24, 2.45) is 7.05 Å². The summed E-state index contributed by atoms with van der Waals surface area (Å²) in [4.78, 5) is 27.6. The number of fused-ring (bicyclic) bond motifs is 1. The van der Waals surface area contributed by atoms with Gasteiger partial charge < -0.3 is 5.32 Å². The van der Waals surface area contributed by atoms with Crippen LogP contribution in [0.2, 0.25) is 0 Å². The zero-order chi connectivity index (χ0) is 20.2. The van der Waals surface area contributed by atoms with E-state index in [0.717, 1.165) is 36.2 Å². The maximum Gasteiger partial charge on any atom is 0.329 e. The van der Waals surface area contributed by atoms with Crippen molar-refractivity contribution in [1.29, 1.82) is 0 Å². The Hall–Kier alpha value is -2.86. The molecule has 1 fully saturated rings. The van der Waals surface area contributed by atoms with Gasteiger partial charge in [-0.05, 0) is 49.2 Å². The normalized spacial score (nSPS) is 14.9. The molecule has 2 aromatic carbocycles. The topological polar surface area (TPSA) is 59.3 Å². The molecule has 0 radical (unpaired) electrons. The van der Waals surface area contributed by atoms with Gasteiger partial charge in [-0.2, -0.15) is 0 Å². The van der Waals surface area contributed by atoms with Gasteiger partial charge in [-0.25, -0.2) is 4.79 Å². The molecule has 1 N–H and O–H groups in total. The van der Waals surface area contributed by atoms with Gasteiger partial charge in [0.05, 0.1) is 11.0 Å². The summed E-state index contributed by atoms with van der Waals surface area (Å²) < 4.78 is 3.11. The molecule has 6 heteroatoms. The number of aromatic nitrogens is 2. The predicted octanol–water partition coefficient (Wildman–Crippen LogP) is 2.64. The number of imidazole rings is 1. The van der Waals surface area contributed by atoms with Gasteiger partial charge in [-0.3, -0.25) is 18.8 Å². The van der Waals surface area contributed by atoms with Crippen molar-refractivity contribution in [2.75, 3.05) is 13.1 Å². The number of hydrogen-bond donors (Lipinski definition) is 1. The van der Waals surface area contributed by atoms with E-state index in [-0.39, 0.29) is 18.1 Å². The molecule has 6 nitrogen and oxygen atoms in total. The number of benzene rings is 2. The van der Waals surface area contributed by atoms with Gasteiger partial charge in [0, 0.05) is 20.1 Å². The van der Waals surface area contributed by atoms with Crippen LogP contribution >= 0.6 is 0 Å². The summed E-state index contributed by atoms with van der Waals surface area (Å²) in [6, 6.07) is 15.8. The second kappa shape index (κ2) is 8.66. The summed E-state index contributed by atoms with van der Waals surface area (Å²) in [7, 11) is 1.73. The van der Waals surface area contributed by atoms with Crippen LogP contribution in [0.1, 0.15) is 30.4 Å². The zero-order valence-corrected chi connectivity index (χ0v) is 16.9. The van der Waals surface area contributed by atoms with Crippen LogP contribution in [-0.2, 0) is 31.5 Å². The molecule has 4 rings (SSSR count). The van der Waals surface area contributed by atoms with Crippen LogP contribution in [0, 0.1) is 0 Å². The molecule has 0 unspecified atom stereocenters. The molecule has 1 saturated heterocycles. The quantitative estimate of drug-likeness (QED) is 0.702. The number of carbonyl (C=O) groups excluding carboxylic acids is 1. The number of para-hydroxylation sites is 2. The Morgan fingerprint density at radius 1 is 0.931 bits per heavy atom. The summed E-state index contributed by atoms with van der Waals surface area (Å²) >= 11 is 0. The monoisotopic (exact) mass is 392 g/mol. The molecule has 29 heavy (non-hydrogen) atoms. The molecule has 0 bridgehead atoms. The average molecular weight is 393 g/mol. The molecule has 1 aliphatic rings. The van der Waals surface area contributed by atoms with Crippen LogP contribution in [0.5, 0.6) is 0 Å². The molecule has 0 atom stereocenters. The van der Waals surface area contributed by atoms with Crippen molar-refractivity contribution in [3.8, 4) is 0 Å². The predicted molar refractivity (Wildman–Crippen MR) is 115 cm³/mol. The smallest absolute Gasteiger partial charge is 0.329 e. The first kappa shape index (κ1) is 19.5. The molecule has 1 aliphatic heterocycles. The molecule has 0 aliphatic carbocycles. The SMILES string of the molecule is Cn1c(=O)n(CC(=O)NCc2ccccc2CN2CCCCC2)c2ccccc21. The largest absolute Gasteiger partial charge is 0.350 e. The number of hydrogen-bond acceptors (Lipinski definition) is 3. The summed E-state index contributed by atoms with van der Waals surface area (Å²) in [6.07, 6.45) is 3.85. The Morgan fingerprint density at radius 2 is 1.59 bits per heavy atom. The Balaban J connectivity index is 1.43. The molecule has 0 spiro atoms. The number of rotatable bonds is 6. The summed E-state index contributed by atoms with van der Waals surface area (Å²) in [5.41, 5.74) is 3.83. The number of nitrogens with one attached hydrogen (secondary N) is 1. The van der Waals surface area contributed by atoms with Crippen LogP contribution in [0.25, 0.3) is 11.0 Å². The minimum Gasteiger partial charge on any atom is -0.350 e. The van der Waals surface area contributed by atoms with Crippen LogP contribution in [0.15, 0.2) is 53.3 Å². The highest BCUT2D eigenvalue weighted by Crippen LogP contribution is 2.16. The van der Waals surface area contributed by atoms with E-state index in [2.05, 4.69) is 28.4 Å². The van der Waals surface area contributed by atoms with Crippen molar-refractivity contribution in [1.82, 2.24) is 19.4 Å². The number of carbonyl (C=O) groups is 1. The fourth-order valence-electron chi connectivity index (χ4n) is 4.15. The molecule has 3 aromatic rings. The lowest BCUT2D eigenvalue weighted by Gasteiger charge is -2.27. The van der Waals surface area contributed by atoms with Crippen molar-refractivity contribution in [2.45, 2.75) is 38.9 Å². The molecule has 0 saturated carbocycles. The van der Waals surface area contributed by atoms with Crippen LogP contribution in [0.3, 0.4) is 0 Å². The van der Waals surface area contributed by atoms with E-state index in [1.807, 2.05) is 30.3 Å². The summed E-state index contributed by atoms with van der Waals surface area (Å²) in [5.74, 6) is -0.156. The number of nitrogens with zero attached hydrogens (tertiary/aromatic N) is 3. The van der Waals surface area contributed by atoms with Crippen molar-refractivity contribution in [3.05, 3.63) is 70.1 Å². The molecular weight excluding hydrogens is 364 g/mol. The first-order chi connectivity index (χ1) is 14.1. The van der Waals surface area contributed by atoms with E-state index in [1.54, 1.807) is 11.6 Å². The number of likely N-dealkylation sites (tertiary alicyclic amines) is 1. The second-order valence-corrected chi connectivity index (χ2v) is 7.80. The fraction of sp³-hybridized carbons (Fsp3) is 0.391. The number of piperidine rings is 1. The van der Waals surface area contributed by atoms with Crippen LogP contribution in [0.4, 0.5) is 0 Å². The first-order valence-electron chi connectivity index (χ1n) is 10.3. The highest BCUT2D eigenvalue weighted by atomic mass is 16.2. The fourth-order valence-corrected chi connectivity index (χ4v) is 4.15. The van der Waals surface area contributed by atoms with Gasteiger partial charge >= 0.3 is 5.69 Å². The van der Waals surface area contributed by atoms with Crippen molar-refractivity contribution >= 4 is 16.9 Å². The van der Waals surface area contributed by atoms with E-state index >= 15 is 0 Å². The molecule has 1 aromatic heterocycles. The van der Waals surface area contributed by atoms with Gasteiger partial charge in [-0.15, -0.1) is 0 Å². The van der Waals surface area contributed by atoms with E-state index in [9.17, 15) is 9.59 Å². The molecule has 2 heterocycles. The molecular formula is C23H28N4O2. The summed E-state index contributed by atoms with van der Waals surface area (Å²) in [6.45, 7) is 3.71. The molecule has 152 valence electrons. The van der Waals surface area contributed by atoms with E-state index in [0.29, 0.717) is 6.54 Å². The number of aryl methyl sites for hydroxylation is 1. The Morgan fingerprint density at radius 3 is 2.34 bits per heavy atom. The standard InChI is InChI=1S/C23H28N4O2/c1-25-20-11-5-6-12-21(20)27(23(25)29)17-22(28)24-15-18-9-3-4-10-19(18)16-26-13-7-2-8-14-26/h3-6,9-12H,2,7-8,13-17H2,1H3,(H,24,28). The van der Waals surface area contributed by atoms with Crippen molar-refractivity contribution in [3.63, 3.8) is 0 Å². The summed E-state index contributed by atoms with van der Waals surface area (Å²) in [5, 5.41) is 3.00. The molecule has 1 amide bonds. The van der Waals surface area contributed by atoms with Gasteiger partial charge in [-0.1, -0.05) is 42.8 Å². The van der Waals surface area contributed by atoms with E-state index in [1.165, 1.54) is 29.4 Å². The third-order valence-corrected chi connectivity index (χ3v) is 5.79. The minimum atomic E-state index is -0.174. The highest BCUT2D eigenvalue weighted by molar-refractivity contribution is 5.80. The maximum atomic E-state index is 12.6. The Bertz CT molecular complexity index is 1060. The highest BCUT2D eigenvalue weighted by Gasteiger charge is 2.15. The van der Waals surface area contributed by atoms with Gasteiger partial charge in [0.2, 0.25) is 5.91 Å². The Kier molecular flexibility index (Phi) is 5.81. The third-order valence-electron chi connectivity index (χ3n) is 5.79. The van der Waals surface area contributed by atoms with E-state index in [4.69, 9.17) is 0 Å². The van der Waals surface area contributed by atoms with Crippen LogP contribution < -0.4 is 11.0 Å². The Labute approximate surface area is 170 Å². The lowest BCUT2D eigenvalue weighted by molar-refractivity contribution is -0.121. The zero-order valence-electron chi connectivity index (χ0n) is 16.9. The van der Waals surface area contributed by atoms with Crippen LogP contribution in [-0.4, -0.2) is 33.0 Å². The first-order valence-corrected chi connectivity index (χ1v) is 10.3. The van der Waals surface area contributed by atoms with Gasteiger partial charge in [0.1, 0.15) is 6.54 Å². The second-order valence-electron chi connectivity index (χ2n) is 7.80.